The van der Waals surface area contributed by atoms with Crippen molar-refractivity contribution >= 4 is 11.9 Å². The van der Waals surface area contributed by atoms with Crippen LogP contribution in [0.2, 0.25) is 0 Å². The number of nitrogens with one attached hydrogen (secondary N) is 1. The summed E-state index contributed by atoms with van der Waals surface area (Å²) in [5, 5.41) is 19.2. The molecular weight excluding hydrogens is 284 g/mol. The SMILES string of the molecule is Cc1c(C(=O)NCCCCC(=O)O)nnn1-c1ccccc1. The molecule has 116 valence electrons. The number of hydrogen-bond acceptors (Lipinski definition) is 4. The summed E-state index contributed by atoms with van der Waals surface area (Å²) < 4.78 is 1.61. The number of nitrogens with zero attached hydrogens (tertiary/aromatic N) is 3. The minimum Gasteiger partial charge on any atom is -0.481 e. The van der Waals surface area contributed by atoms with Gasteiger partial charge in [-0.2, -0.15) is 0 Å². The first-order chi connectivity index (χ1) is 10.6. The molecule has 0 saturated carbocycles. The fraction of sp³-hybridized carbons (Fsp3) is 0.333. The molecule has 0 fully saturated rings. The van der Waals surface area contributed by atoms with E-state index in [9.17, 15) is 9.59 Å². The topological polar surface area (TPSA) is 97.1 Å². The van der Waals surface area contributed by atoms with E-state index in [1.807, 2.05) is 30.3 Å². The van der Waals surface area contributed by atoms with Crippen LogP contribution in [0.3, 0.4) is 0 Å². The normalized spacial score (nSPS) is 10.4. The number of amides is 1. The van der Waals surface area contributed by atoms with Gasteiger partial charge in [0.2, 0.25) is 0 Å². The van der Waals surface area contributed by atoms with Crippen molar-refractivity contribution in [2.24, 2.45) is 0 Å². The molecular formula is C15H18N4O3. The number of carboxylic acid groups (broad SMARTS) is 1. The molecule has 2 aromatic rings. The van der Waals surface area contributed by atoms with Gasteiger partial charge in [0.05, 0.1) is 11.4 Å². The number of hydrogen-bond donors (Lipinski definition) is 2. The Morgan fingerprint density at radius 1 is 1.23 bits per heavy atom. The van der Waals surface area contributed by atoms with Crippen molar-refractivity contribution in [1.82, 2.24) is 20.3 Å². The van der Waals surface area contributed by atoms with Gasteiger partial charge in [-0.3, -0.25) is 9.59 Å². The lowest BCUT2D eigenvalue weighted by Crippen LogP contribution is -2.25. The number of carbonyl (C=O) groups excluding carboxylic acids is 1. The zero-order chi connectivity index (χ0) is 15.9. The number of unbranched alkanes of at least 4 members (excludes halogenated alkanes) is 1. The Morgan fingerprint density at radius 3 is 2.64 bits per heavy atom. The molecule has 7 heteroatoms. The number of carbonyl (C=O) groups is 2. The molecule has 1 amide bonds. The third-order valence-electron chi connectivity index (χ3n) is 3.21. The van der Waals surface area contributed by atoms with Crippen LogP contribution in [0.15, 0.2) is 30.3 Å². The minimum atomic E-state index is -0.826. The van der Waals surface area contributed by atoms with Gasteiger partial charge in [-0.1, -0.05) is 23.4 Å². The van der Waals surface area contributed by atoms with Crippen molar-refractivity contribution in [2.45, 2.75) is 26.2 Å². The number of carboxylic acids is 1. The number of para-hydroxylation sites is 1. The monoisotopic (exact) mass is 302 g/mol. The Bertz CT molecular complexity index is 652. The Balaban J connectivity index is 1.94. The van der Waals surface area contributed by atoms with Crippen LogP contribution in [0.5, 0.6) is 0 Å². The van der Waals surface area contributed by atoms with E-state index >= 15 is 0 Å². The predicted octanol–water partition coefficient (Wildman–Crippen LogP) is 1.56. The van der Waals surface area contributed by atoms with Crippen LogP contribution in [-0.4, -0.2) is 38.5 Å². The standard InChI is InChI=1S/C15H18N4O3/c1-11-14(15(22)16-10-6-5-9-13(20)21)17-18-19(11)12-7-3-2-4-8-12/h2-4,7-8H,5-6,9-10H2,1H3,(H,16,22)(H,20,21). The predicted molar refractivity (Wildman–Crippen MR) is 79.9 cm³/mol. The number of aromatic nitrogens is 3. The van der Waals surface area contributed by atoms with Gasteiger partial charge in [-0.25, -0.2) is 4.68 Å². The Morgan fingerprint density at radius 2 is 1.95 bits per heavy atom. The van der Waals surface area contributed by atoms with Crippen LogP contribution >= 0.6 is 0 Å². The van der Waals surface area contributed by atoms with E-state index in [4.69, 9.17) is 5.11 Å². The molecule has 1 heterocycles. The summed E-state index contributed by atoms with van der Waals surface area (Å²) in [5.41, 5.74) is 1.78. The van der Waals surface area contributed by atoms with Gasteiger partial charge in [0, 0.05) is 13.0 Å². The van der Waals surface area contributed by atoms with E-state index < -0.39 is 5.97 Å². The minimum absolute atomic E-state index is 0.110. The molecule has 0 atom stereocenters. The second-order valence-electron chi connectivity index (χ2n) is 4.88. The van der Waals surface area contributed by atoms with Gasteiger partial charge in [0.25, 0.3) is 5.91 Å². The summed E-state index contributed by atoms with van der Waals surface area (Å²) in [5.74, 6) is -1.12. The highest BCUT2D eigenvalue weighted by Gasteiger charge is 2.16. The van der Waals surface area contributed by atoms with Crippen LogP contribution in [0.25, 0.3) is 5.69 Å². The molecule has 0 bridgehead atoms. The van der Waals surface area contributed by atoms with E-state index in [1.54, 1.807) is 11.6 Å². The highest BCUT2D eigenvalue weighted by Crippen LogP contribution is 2.11. The molecule has 1 aromatic carbocycles. The van der Waals surface area contributed by atoms with E-state index in [0.29, 0.717) is 25.1 Å². The lowest BCUT2D eigenvalue weighted by Gasteiger charge is -2.04. The summed E-state index contributed by atoms with van der Waals surface area (Å²) >= 11 is 0. The lowest BCUT2D eigenvalue weighted by molar-refractivity contribution is -0.137. The maximum atomic E-state index is 12.1. The molecule has 0 saturated heterocycles. The van der Waals surface area contributed by atoms with Crippen LogP contribution in [0.4, 0.5) is 0 Å². The largest absolute Gasteiger partial charge is 0.481 e. The van der Waals surface area contributed by atoms with Crippen molar-refractivity contribution in [3.8, 4) is 5.69 Å². The quantitative estimate of drug-likeness (QED) is 0.756. The molecule has 0 unspecified atom stereocenters. The summed E-state index contributed by atoms with van der Waals surface area (Å²) in [6.07, 6.45) is 1.26. The highest BCUT2D eigenvalue weighted by molar-refractivity contribution is 5.93. The third-order valence-corrected chi connectivity index (χ3v) is 3.21. The fourth-order valence-corrected chi connectivity index (χ4v) is 2.04. The molecule has 2 rings (SSSR count). The molecule has 0 radical (unpaired) electrons. The summed E-state index contributed by atoms with van der Waals surface area (Å²) in [6, 6.07) is 9.45. The molecule has 0 spiro atoms. The van der Waals surface area contributed by atoms with E-state index in [1.165, 1.54) is 0 Å². The Labute approximate surface area is 128 Å². The van der Waals surface area contributed by atoms with Crippen LogP contribution in [0, 0.1) is 6.92 Å². The zero-order valence-corrected chi connectivity index (χ0v) is 12.3. The number of benzene rings is 1. The van der Waals surface area contributed by atoms with E-state index in [0.717, 1.165) is 5.69 Å². The van der Waals surface area contributed by atoms with Gasteiger partial charge in [0.1, 0.15) is 0 Å². The summed E-state index contributed by atoms with van der Waals surface area (Å²) in [6.45, 7) is 2.20. The second kappa shape index (κ2) is 7.35. The van der Waals surface area contributed by atoms with Crippen LogP contribution in [-0.2, 0) is 4.79 Å². The van der Waals surface area contributed by atoms with Gasteiger partial charge in [-0.15, -0.1) is 5.10 Å². The van der Waals surface area contributed by atoms with Gasteiger partial charge >= 0.3 is 5.97 Å². The molecule has 0 aliphatic heterocycles. The smallest absolute Gasteiger partial charge is 0.303 e. The average molecular weight is 302 g/mol. The highest BCUT2D eigenvalue weighted by atomic mass is 16.4. The van der Waals surface area contributed by atoms with Gasteiger partial charge < -0.3 is 10.4 Å². The second-order valence-corrected chi connectivity index (χ2v) is 4.88. The Kier molecular flexibility index (Phi) is 5.24. The van der Waals surface area contributed by atoms with Gasteiger partial charge in [-0.05, 0) is 31.9 Å². The maximum Gasteiger partial charge on any atom is 0.303 e. The molecule has 0 aliphatic carbocycles. The van der Waals surface area contributed by atoms with E-state index in [-0.39, 0.29) is 18.0 Å². The van der Waals surface area contributed by atoms with Crippen molar-refractivity contribution in [3.05, 3.63) is 41.7 Å². The first kappa shape index (κ1) is 15.7. The first-order valence-electron chi connectivity index (χ1n) is 7.07. The van der Waals surface area contributed by atoms with Crippen molar-refractivity contribution in [1.29, 1.82) is 0 Å². The first-order valence-corrected chi connectivity index (χ1v) is 7.07. The molecule has 22 heavy (non-hydrogen) atoms. The van der Waals surface area contributed by atoms with Crippen LogP contribution in [0.1, 0.15) is 35.4 Å². The van der Waals surface area contributed by atoms with Gasteiger partial charge in [0.15, 0.2) is 5.69 Å². The molecule has 0 aliphatic rings. The van der Waals surface area contributed by atoms with Crippen molar-refractivity contribution in [2.75, 3.05) is 6.54 Å². The Hall–Kier alpha value is -2.70. The maximum absolute atomic E-state index is 12.1. The summed E-state index contributed by atoms with van der Waals surface area (Å²) in [7, 11) is 0. The summed E-state index contributed by atoms with van der Waals surface area (Å²) in [4.78, 5) is 22.5. The average Bonchev–Trinajstić information content (AvgIpc) is 2.89. The number of rotatable bonds is 7. The van der Waals surface area contributed by atoms with E-state index in [2.05, 4.69) is 15.6 Å². The van der Waals surface area contributed by atoms with Crippen molar-refractivity contribution in [3.63, 3.8) is 0 Å². The lowest BCUT2D eigenvalue weighted by atomic mass is 10.2. The third kappa shape index (κ3) is 3.91. The molecule has 1 aromatic heterocycles. The fourth-order valence-electron chi connectivity index (χ4n) is 2.04. The molecule has 2 N–H and O–H groups in total. The van der Waals surface area contributed by atoms with Crippen molar-refractivity contribution < 1.29 is 14.7 Å². The zero-order valence-electron chi connectivity index (χ0n) is 12.3. The molecule has 7 nitrogen and oxygen atoms in total. The number of aliphatic carboxylic acids is 1. The van der Waals surface area contributed by atoms with Crippen LogP contribution < -0.4 is 5.32 Å².